The Bertz CT molecular complexity index is 5950. The predicted octanol–water partition coefficient (Wildman–Crippen LogP) is 22.4. The van der Waals surface area contributed by atoms with Gasteiger partial charge >= 0.3 is 0 Å². The molecule has 16 aromatic carbocycles. The molecule has 0 atom stereocenters. The maximum atomic E-state index is 21.4. The van der Waals surface area contributed by atoms with Crippen LogP contribution < -0.4 is 57.3 Å². The highest BCUT2D eigenvalue weighted by Crippen LogP contribution is 2.56. The zero-order valence-electron chi connectivity index (χ0n) is 57.4. The fourth-order valence-electron chi connectivity index (χ4n) is 16.9. The topological polar surface area (TPSA) is 16.2 Å². The largest absolute Gasteiger partial charge is 0.311 e. The lowest BCUT2D eigenvalue weighted by molar-refractivity contribution is 0.606. The number of rotatable bonds is 13. The van der Waals surface area contributed by atoms with Crippen LogP contribution in [0.3, 0.4) is 0 Å². The molecule has 0 aliphatic carbocycles. The summed E-state index contributed by atoms with van der Waals surface area (Å²) in [6, 6.07) is 133. The average Bonchev–Trinajstić information content (AvgIpc) is 0.681. The first-order chi connectivity index (χ1) is 52.5. The minimum Gasteiger partial charge on any atom is -0.311 e. The lowest BCUT2D eigenvalue weighted by atomic mass is 9.31. The third-order valence-electron chi connectivity index (χ3n) is 21.3. The number of benzene rings is 16. The van der Waals surface area contributed by atoms with Crippen LogP contribution in [0.2, 0.25) is 0 Å². The van der Waals surface area contributed by atoms with Crippen LogP contribution in [0.1, 0.15) is 0 Å². The van der Waals surface area contributed by atoms with Crippen LogP contribution in [0.25, 0.3) is 44.5 Å². The van der Waals surface area contributed by atoms with Gasteiger partial charge in [0, 0.05) is 89.0 Å². The minimum absolute atomic E-state index is 0.369. The zero-order chi connectivity index (χ0) is 70.3. The van der Waals surface area contributed by atoms with Gasteiger partial charge in [-0.25, -0.2) is 8.78 Å². The van der Waals surface area contributed by atoms with Gasteiger partial charge in [0.05, 0.1) is 22.7 Å². The molecule has 4 aliphatic heterocycles. The lowest BCUT2D eigenvalue weighted by Crippen LogP contribution is -2.65. The van der Waals surface area contributed by atoms with Gasteiger partial charge in [-0.15, -0.1) is 0 Å². The molecule has 498 valence electrons. The van der Waals surface area contributed by atoms with Crippen LogP contribution in [-0.2, 0) is 0 Å². The highest BCUT2D eigenvalue weighted by atomic mass is 32.2. The predicted molar refractivity (Wildman–Crippen MR) is 441 cm³/mol. The second-order valence-electron chi connectivity index (χ2n) is 27.3. The molecule has 0 fully saturated rings. The summed E-state index contributed by atoms with van der Waals surface area (Å²) in [5.74, 6) is -0.777. The summed E-state index contributed by atoms with van der Waals surface area (Å²) in [5, 5.41) is 0. The summed E-state index contributed by atoms with van der Waals surface area (Å²) in [4.78, 5) is 13.1. The first-order valence-electron chi connectivity index (χ1n) is 36.0. The number of anilines is 15. The van der Waals surface area contributed by atoms with Crippen LogP contribution in [0.4, 0.5) is 94.1 Å². The van der Waals surface area contributed by atoms with Gasteiger partial charge in [0.1, 0.15) is 5.82 Å². The summed E-state index contributed by atoms with van der Waals surface area (Å²) >= 11 is 1.51. The fraction of sp³-hybridized carbons (Fsp3) is 0. The van der Waals surface area contributed by atoms with E-state index in [1.54, 1.807) is 12.1 Å². The first-order valence-corrected chi connectivity index (χ1v) is 36.8. The molecule has 0 saturated carbocycles. The minimum atomic E-state index is -0.525. The average molecular weight is 1380 g/mol. The molecule has 0 spiro atoms. The molecule has 0 radical (unpaired) electrons. The van der Waals surface area contributed by atoms with Crippen LogP contribution in [0, 0.1) is 11.6 Å². The normalized spacial score (nSPS) is 12.7. The molecule has 4 heterocycles. The second kappa shape index (κ2) is 26.0. The Balaban J connectivity index is 0.908. The van der Waals surface area contributed by atoms with Gasteiger partial charge in [-0.05, 0) is 170 Å². The Morgan fingerprint density at radius 1 is 0.264 bits per heavy atom. The summed E-state index contributed by atoms with van der Waals surface area (Å²) in [7, 11) is 0. The summed E-state index contributed by atoms with van der Waals surface area (Å²) < 4.78 is 38.9. The van der Waals surface area contributed by atoms with Crippen molar-refractivity contribution in [3.63, 3.8) is 0 Å². The third-order valence-corrected chi connectivity index (χ3v) is 22.5. The van der Waals surface area contributed by atoms with Crippen molar-refractivity contribution in [3.05, 3.63) is 394 Å². The monoisotopic (exact) mass is 1380 g/mol. The fourth-order valence-corrected chi connectivity index (χ4v) is 18.1. The maximum absolute atomic E-state index is 21.4. The van der Waals surface area contributed by atoms with Gasteiger partial charge in [-0.2, -0.15) is 0 Å². The van der Waals surface area contributed by atoms with Crippen molar-refractivity contribution in [1.82, 2.24) is 0 Å². The van der Waals surface area contributed by atoms with E-state index in [4.69, 9.17) is 0 Å². The molecular formula is C96H63B2F2N5S. The van der Waals surface area contributed by atoms with Gasteiger partial charge in [-0.1, -0.05) is 284 Å². The van der Waals surface area contributed by atoms with Crippen LogP contribution in [0.15, 0.2) is 392 Å². The van der Waals surface area contributed by atoms with Crippen molar-refractivity contribution < 1.29 is 8.78 Å². The van der Waals surface area contributed by atoms with E-state index in [1.807, 2.05) is 72.8 Å². The van der Waals surface area contributed by atoms with Gasteiger partial charge in [0.25, 0.3) is 6.71 Å². The van der Waals surface area contributed by atoms with Gasteiger partial charge in [0.2, 0.25) is 6.71 Å². The van der Waals surface area contributed by atoms with E-state index < -0.39 is 19.2 Å². The molecule has 0 amide bonds. The van der Waals surface area contributed by atoms with Crippen LogP contribution in [-0.4, -0.2) is 13.4 Å². The van der Waals surface area contributed by atoms with E-state index in [0.29, 0.717) is 27.4 Å². The van der Waals surface area contributed by atoms with Crippen molar-refractivity contribution in [1.29, 1.82) is 0 Å². The Morgan fingerprint density at radius 2 is 0.660 bits per heavy atom. The van der Waals surface area contributed by atoms with Crippen molar-refractivity contribution in [3.8, 4) is 44.5 Å². The molecule has 20 rings (SSSR count). The van der Waals surface area contributed by atoms with Gasteiger partial charge in [0.15, 0.2) is 5.82 Å². The number of hydrogen-bond donors (Lipinski definition) is 0. The van der Waals surface area contributed by atoms with Crippen molar-refractivity contribution in [2.75, 3.05) is 24.5 Å². The molecule has 10 heteroatoms. The SMILES string of the molecule is Fc1cc(-c2ccccc2)c(N2c3cc(N(c4ccccc4)c4ccccc4)cc4c3B(c3ccccc3N4c3ccccc3)c3cc4c(c(F)c32)Sc2cc(N(c3ccc(-c5ccccc5)cc3)c3ccccc3-c3ccccc3)cc3c2B4c2ccccc2N3c2ccccc2)c(-c2ccccc2)c1. The van der Waals surface area contributed by atoms with E-state index in [0.717, 1.165) is 145 Å². The second-order valence-corrected chi connectivity index (χ2v) is 28.4. The standard InChI is InChI=1S/C96H63B2F2N5S/c99-69-57-78(67-35-13-3-14-36-67)94(79(58-69)68-37-15-4-16-38-68)105-88-60-75(101(70-39-17-5-18-40-70)71-41-19-6-20-42-71)59-87-91(88)97(80-48-26-29-51-85(80)103(87)72-43-21-7-22-44-72)82-63-83-96(93(100)95(82)105)106-90-62-76(61-89-92(90)98(83)81-49-27-30-52-86(81)104(89)73-45-23-8-24-46-73)102(74-55-53-65(54-56-74)64-31-9-1-10-32-64)84-50-28-25-47-77(84)66-33-11-2-12-34-66/h1-63H. The molecule has 0 bridgehead atoms. The lowest BCUT2D eigenvalue weighted by Gasteiger charge is -2.47. The summed E-state index contributed by atoms with van der Waals surface area (Å²) in [6.45, 7) is -0.975. The molecule has 5 nitrogen and oxygen atoms in total. The number of hydrogen-bond acceptors (Lipinski definition) is 6. The summed E-state index contributed by atoms with van der Waals surface area (Å²) in [5.41, 5.74) is 26.3. The number of halogens is 2. The Hall–Kier alpha value is -13.1. The zero-order valence-corrected chi connectivity index (χ0v) is 58.2. The van der Waals surface area contributed by atoms with E-state index in [-0.39, 0.29) is 5.82 Å². The van der Waals surface area contributed by atoms with Crippen LogP contribution >= 0.6 is 11.8 Å². The van der Waals surface area contributed by atoms with Gasteiger partial charge in [-0.3, -0.25) is 0 Å². The third kappa shape index (κ3) is 10.4. The molecule has 0 aromatic heterocycles. The van der Waals surface area contributed by atoms with E-state index in [2.05, 4.69) is 322 Å². The summed E-state index contributed by atoms with van der Waals surface area (Å²) in [6.07, 6.45) is 0. The number of nitrogens with zero attached hydrogens (tertiary/aromatic N) is 5. The first kappa shape index (κ1) is 62.6. The molecular weight excluding hydrogens is 1310 g/mol. The molecule has 16 aromatic rings. The molecule has 0 N–H and O–H groups in total. The Morgan fingerprint density at radius 3 is 1.19 bits per heavy atom. The van der Waals surface area contributed by atoms with Crippen molar-refractivity contribution >= 4 is 143 Å². The maximum Gasteiger partial charge on any atom is 0.252 e. The molecule has 0 saturated heterocycles. The molecule has 106 heavy (non-hydrogen) atoms. The number of para-hydroxylation sites is 7. The van der Waals surface area contributed by atoms with Crippen LogP contribution in [0.5, 0.6) is 0 Å². The highest BCUT2D eigenvalue weighted by Gasteiger charge is 2.50. The van der Waals surface area contributed by atoms with Crippen molar-refractivity contribution in [2.24, 2.45) is 0 Å². The van der Waals surface area contributed by atoms with E-state index in [1.165, 1.54) is 11.8 Å². The smallest absolute Gasteiger partial charge is 0.252 e. The van der Waals surface area contributed by atoms with E-state index in [9.17, 15) is 0 Å². The van der Waals surface area contributed by atoms with E-state index >= 15 is 8.78 Å². The highest BCUT2D eigenvalue weighted by molar-refractivity contribution is 8.00. The quantitative estimate of drug-likeness (QED) is 0.106. The van der Waals surface area contributed by atoms with Crippen molar-refractivity contribution in [2.45, 2.75) is 9.79 Å². The Kier molecular flexibility index (Phi) is 15.3. The Labute approximate surface area is 620 Å². The molecule has 0 unspecified atom stereocenters. The molecule has 4 aliphatic rings. The number of fused-ring (bicyclic) bond motifs is 8. The van der Waals surface area contributed by atoms with Gasteiger partial charge < -0.3 is 24.5 Å².